The van der Waals surface area contributed by atoms with E-state index in [1.54, 1.807) is 6.08 Å². The minimum Gasteiger partial charge on any atom is -0.374 e. The number of rotatable bonds is 12. The van der Waals surface area contributed by atoms with Gasteiger partial charge in [0.15, 0.2) is 0 Å². The number of ether oxygens (including phenoxy) is 1. The van der Waals surface area contributed by atoms with Gasteiger partial charge in [0.05, 0.1) is 39.2 Å². The van der Waals surface area contributed by atoms with Gasteiger partial charge in [-0.2, -0.15) is 5.26 Å². The Labute approximate surface area is 177 Å². The normalized spacial score (nSPS) is 24.5. The van der Waals surface area contributed by atoms with Crippen LogP contribution < -0.4 is 0 Å². The molecular weight excluding hydrogens is 413 g/mol. The average Bonchev–Trinajstić information content (AvgIpc) is 2.67. The van der Waals surface area contributed by atoms with Gasteiger partial charge in [0.2, 0.25) is 0 Å². The minimum atomic E-state index is -3.26. The van der Waals surface area contributed by atoms with Gasteiger partial charge in [-0.25, -0.2) is 4.67 Å². The maximum Gasteiger partial charge on any atom is 0.353 e. The van der Waals surface area contributed by atoms with Gasteiger partial charge in [0.1, 0.15) is 0 Å². The van der Waals surface area contributed by atoms with Crippen molar-refractivity contribution in [3.05, 3.63) is 11.9 Å². The van der Waals surface area contributed by atoms with Crippen molar-refractivity contribution in [2.24, 2.45) is 0 Å². The molecule has 0 saturated carbocycles. The third-order valence-electron chi connectivity index (χ3n) is 4.33. The Hall–Kier alpha value is -0.285. The fourth-order valence-electron chi connectivity index (χ4n) is 2.88. The molecule has 0 aromatic heterocycles. The summed E-state index contributed by atoms with van der Waals surface area (Å²) in [5, 5.41) is 8.84. The van der Waals surface area contributed by atoms with Gasteiger partial charge in [-0.3, -0.25) is 4.57 Å². The Morgan fingerprint density at radius 3 is 2.45 bits per heavy atom. The van der Waals surface area contributed by atoms with E-state index < -0.39 is 16.1 Å². The summed E-state index contributed by atoms with van der Waals surface area (Å²) in [5.41, 5.74) is 0. The van der Waals surface area contributed by atoms with Crippen LogP contribution in [0.15, 0.2) is 11.9 Å². The lowest BCUT2D eigenvalue weighted by molar-refractivity contribution is -0.0159. The lowest BCUT2D eigenvalue weighted by atomic mass is 9.79. The highest BCUT2D eigenvalue weighted by molar-refractivity contribution is 7.57. The largest absolute Gasteiger partial charge is 0.374 e. The van der Waals surface area contributed by atoms with E-state index in [0.29, 0.717) is 26.1 Å². The van der Waals surface area contributed by atoms with E-state index in [9.17, 15) is 4.57 Å². The highest BCUT2D eigenvalue weighted by Crippen LogP contribution is 2.50. The summed E-state index contributed by atoms with van der Waals surface area (Å²) in [7, 11) is 4.23. The average molecular weight is 446 g/mol. The molecule has 0 amide bonds. The summed E-state index contributed by atoms with van der Waals surface area (Å²) in [6.45, 7) is 8.91. The zero-order valence-electron chi connectivity index (χ0n) is 18.2. The Balaban J connectivity index is 2.90. The molecular formula is C18H33BN2O6P2. The maximum atomic E-state index is 12.2. The van der Waals surface area contributed by atoms with Crippen LogP contribution in [0.3, 0.4) is 0 Å². The molecule has 1 heterocycles. The Kier molecular flexibility index (Phi) is 12.2. The minimum absolute atomic E-state index is 0.198. The van der Waals surface area contributed by atoms with Crippen LogP contribution in [-0.2, 0) is 27.4 Å². The molecule has 1 saturated heterocycles. The SMILES string of the molecule is [B]C1COC(/C=C/P(=O)(OC)OC)CC1OP(OCCC#N)N(C(C)C)C(C)C. The molecule has 0 aromatic rings. The molecule has 4 unspecified atom stereocenters. The first-order valence-corrected chi connectivity index (χ1v) is 12.4. The molecule has 164 valence electrons. The van der Waals surface area contributed by atoms with Gasteiger partial charge in [-0.15, -0.1) is 0 Å². The Morgan fingerprint density at radius 2 is 1.93 bits per heavy atom. The monoisotopic (exact) mass is 446 g/mol. The number of hydrogen-bond donors (Lipinski definition) is 0. The smallest absolute Gasteiger partial charge is 0.353 e. The molecule has 1 aliphatic rings. The topological polar surface area (TPSA) is 90.3 Å². The van der Waals surface area contributed by atoms with E-state index >= 15 is 0 Å². The van der Waals surface area contributed by atoms with Crippen LogP contribution in [0.2, 0.25) is 5.82 Å². The van der Waals surface area contributed by atoms with Crippen LogP contribution in [0.25, 0.3) is 0 Å². The first-order valence-electron chi connectivity index (χ1n) is 9.70. The van der Waals surface area contributed by atoms with Crippen LogP contribution in [0.1, 0.15) is 40.5 Å². The molecule has 1 aliphatic heterocycles. The van der Waals surface area contributed by atoms with E-state index in [1.165, 1.54) is 20.0 Å². The summed E-state index contributed by atoms with van der Waals surface area (Å²) in [6, 6.07) is 2.49. The molecule has 0 N–H and O–H groups in total. The van der Waals surface area contributed by atoms with Crippen LogP contribution in [-0.4, -0.2) is 64.2 Å². The van der Waals surface area contributed by atoms with Gasteiger partial charge < -0.3 is 22.8 Å². The molecule has 4 atom stereocenters. The molecule has 11 heteroatoms. The number of nitrogens with zero attached hydrogens (tertiary/aromatic N) is 2. The van der Waals surface area contributed by atoms with E-state index in [2.05, 4.69) is 38.4 Å². The summed E-state index contributed by atoms with van der Waals surface area (Å²) >= 11 is 0. The molecule has 2 radical (unpaired) electrons. The third-order valence-corrected chi connectivity index (χ3v) is 8.04. The second-order valence-electron chi connectivity index (χ2n) is 7.21. The highest BCUT2D eigenvalue weighted by atomic mass is 31.2. The summed E-state index contributed by atoms with van der Waals surface area (Å²) < 4.78 is 42.2. The fourth-order valence-corrected chi connectivity index (χ4v) is 5.45. The van der Waals surface area contributed by atoms with Gasteiger partial charge in [0, 0.05) is 45.1 Å². The van der Waals surface area contributed by atoms with Crippen molar-refractivity contribution in [3.8, 4) is 6.07 Å². The molecule has 0 spiro atoms. The van der Waals surface area contributed by atoms with Crippen molar-refractivity contribution >= 4 is 24.0 Å². The molecule has 29 heavy (non-hydrogen) atoms. The quantitative estimate of drug-likeness (QED) is 0.248. The van der Waals surface area contributed by atoms with Crippen molar-refractivity contribution in [1.82, 2.24) is 4.67 Å². The predicted molar refractivity (Wildman–Crippen MR) is 115 cm³/mol. The Bertz CT molecular complexity index is 585. The van der Waals surface area contributed by atoms with Crippen molar-refractivity contribution < 1.29 is 27.4 Å². The molecule has 0 aromatic carbocycles. The van der Waals surface area contributed by atoms with E-state index in [4.69, 9.17) is 35.9 Å². The van der Waals surface area contributed by atoms with Crippen molar-refractivity contribution in [2.45, 2.75) is 70.6 Å². The zero-order chi connectivity index (χ0) is 22.0. The van der Waals surface area contributed by atoms with E-state index in [0.717, 1.165) is 0 Å². The fraction of sp³-hybridized carbons (Fsp3) is 0.833. The number of nitriles is 1. The molecule has 1 fully saturated rings. The molecule has 8 nitrogen and oxygen atoms in total. The van der Waals surface area contributed by atoms with Crippen LogP contribution in [0.5, 0.6) is 0 Å². The lowest BCUT2D eigenvalue weighted by Crippen LogP contribution is -2.38. The van der Waals surface area contributed by atoms with E-state index in [1.807, 2.05) is 0 Å². The van der Waals surface area contributed by atoms with Gasteiger partial charge in [-0.1, -0.05) is 0 Å². The first kappa shape index (κ1) is 26.7. The predicted octanol–water partition coefficient (Wildman–Crippen LogP) is 4.39. The third kappa shape index (κ3) is 8.77. The molecule has 1 rings (SSSR count). The zero-order valence-corrected chi connectivity index (χ0v) is 20.0. The second-order valence-corrected chi connectivity index (χ2v) is 10.7. The molecule has 0 bridgehead atoms. The standard InChI is InChI=1S/C18H33BN2O6P2/c1-14(2)21(15(3)4)28(26-10-7-9-20)27-18-12-16(25-13-17(18)19)8-11-29(22,23-5)24-6/h8,11,14-18H,7,10,12-13H2,1-6H3/b11-8+. The van der Waals surface area contributed by atoms with Crippen LogP contribution in [0, 0.1) is 11.3 Å². The van der Waals surface area contributed by atoms with E-state index in [-0.39, 0.29) is 30.1 Å². The lowest BCUT2D eigenvalue weighted by Gasteiger charge is -2.40. The van der Waals surface area contributed by atoms with Gasteiger partial charge in [0.25, 0.3) is 8.53 Å². The summed E-state index contributed by atoms with van der Waals surface area (Å²) in [4.78, 5) is 0. The summed E-state index contributed by atoms with van der Waals surface area (Å²) in [6.07, 6.45) is 1.80. The highest BCUT2D eigenvalue weighted by Gasteiger charge is 2.35. The number of hydrogen-bond acceptors (Lipinski definition) is 8. The summed E-state index contributed by atoms with van der Waals surface area (Å²) in [5.74, 6) is 1.08. The van der Waals surface area contributed by atoms with Gasteiger partial charge in [-0.05, 0) is 39.6 Å². The van der Waals surface area contributed by atoms with Gasteiger partial charge >= 0.3 is 7.60 Å². The van der Waals surface area contributed by atoms with Crippen molar-refractivity contribution in [3.63, 3.8) is 0 Å². The first-order chi connectivity index (χ1) is 13.7. The van der Waals surface area contributed by atoms with Crippen molar-refractivity contribution in [2.75, 3.05) is 27.4 Å². The molecule has 0 aliphatic carbocycles. The second kappa shape index (κ2) is 13.2. The van der Waals surface area contributed by atoms with Crippen molar-refractivity contribution in [1.29, 1.82) is 5.26 Å². The maximum absolute atomic E-state index is 12.2. The van der Waals surface area contributed by atoms with Crippen LogP contribution in [0.4, 0.5) is 0 Å². The van der Waals surface area contributed by atoms with Crippen LogP contribution >= 0.6 is 16.1 Å². The Morgan fingerprint density at radius 1 is 1.31 bits per heavy atom.